The molecule has 0 bridgehead atoms. The summed E-state index contributed by atoms with van der Waals surface area (Å²) in [5.74, 6) is 0.0396. The predicted octanol–water partition coefficient (Wildman–Crippen LogP) is 1.04. The number of hydrogen-bond donors (Lipinski definition) is 2. The average Bonchev–Trinajstić information content (AvgIpc) is 1.98. The topological polar surface area (TPSA) is 70.0 Å². The second-order valence-corrected chi connectivity index (χ2v) is 2.23. The first-order valence-electron chi connectivity index (χ1n) is 3.18. The Balaban J connectivity index is 2.98. The molecular formula is C8H8N2O. The Hall–Kier alpha value is -1.69. The van der Waals surface area contributed by atoms with Crippen LogP contribution in [-0.2, 0) is 6.42 Å². The molecule has 11 heavy (non-hydrogen) atoms. The third-order valence-corrected chi connectivity index (χ3v) is 1.38. The van der Waals surface area contributed by atoms with Gasteiger partial charge in [-0.2, -0.15) is 5.26 Å². The zero-order valence-corrected chi connectivity index (χ0v) is 5.91. The second kappa shape index (κ2) is 2.93. The molecule has 0 atom stereocenters. The minimum atomic E-state index is 0.0396. The van der Waals surface area contributed by atoms with Crippen molar-refractivity contribution in [2.24, 2.45) is 0 Å². The van der Waals surface area contributed by atoms with Crippen molar-refractivity contribution in [3.8, 4) is 11.8 Å². The highest BCUT2D eigenvalue weighted by Gasteiger charge is 1.97. The Labute approximate surface area is 64.7 Å². The number of aromatic hydroxyl groups is 1. The van der Waals surface area contributed by atoms with Crippen molar-refractivity contribution in [3.05, 3.63) is 23.8 Å². The molecular weight excluding hydrogens is 140 g/mol. The lowest BCUT2D eigenvalue weighted by Crippen LogP contribution is -1.87. The second-order valence-electron chi connectivity index (χ2n) is 2.23. The van der Waals surface area contributed by atoms with Gasteiger partial charge in [-0.3, -0.25) is 0 Å². The molecule has 0 aromatic heterocycles. The van der Waals surface area contributed by atoms with Gasteiger partial charge < -0.3 is 10.8 Å². The van der Waals surface area contributed by atoms with Crippen molar-refractivity contribution in [2.45, 2.75) is 6.42 Å². The highest BCUT2D eigenvalue weighted by Crippen LogP contribution is 2.20. The highest BCUT2D eigenvalue weighted by molar-refractivity contribution is 5.53. The highest BCUT2D eigenvalue weighted by atomic mass is 16.3. The van der Waals surface area contributed by atoms with Crippen LogP contribution in [-0.4, -0.2) is 5.11 Å². The van der Waals surface area contributed by atoms with Crippen LogP contribution in [0.3, 0.4) is 0 Å². The third-order valence-electron chi connectivity index (χ3n) is 1.38. The summed E-state index contributed by atoms with van der Waals surface area (Å²) in [4.78, 5) is 0. The first kappa shape index (κ1) is 7.42. The van der Waals surface area contributed by atoms with Gasteiger partial charge in [-0.15, -0.1) is 0 Å². The lowest BCUT2D eigenvalue weighted by atomic mass is 10.1. The molecule has 0 fully saturated rings. The van der Waals surface area contributed by atoms with Crippen molar-refractivity contribution in [2.75, 3.05) is 5.73 Å². The van der Waals surface area contributed by atoms with E-state index in [4.69, 9.17) is 16.1 Å². The van der Waals surface area contributed by atoms with Crippen LogP contribution in [0.1, 0.15) is 5.56 Å². The van der Waals surface area contributed by atoms with Crippen molar-refractivity contribution >= 4 is 5.69 Å². The summed E-state index contributed by atoms with van der Waals surface area (Å²) in [5, 5.41) is 17.4. The van der Waals surface area contributed by atoms with Gasteiger partial charge >= 0.3 is 0 Å². The van der Waals surface area contributed by atoms with E-state index in [0.717, 1.165) is 5.56 Å². The molecule has 0 aliphatic rings. The molecule has 3 heteroatoms. The van der Waals surface area contributed by atoms with E-state index in [1.54, 1.807) is 12.1 Å². The number of benzene rings is 1. The summed E-state index contributed by atoms with van der Waals surface area (Å²) >= 11 is 0. The van der Waals surface area contributed by atoms with Gasteiger partial charge in [0.1, 0.15) is 5.75 Å². The molecule has 1 rings (SSSR count). The van der Waals surface area contributed by atoms with Crippen LogP contribution in [0.2, 0.25) is 0 Å². The number of nitrogen functional groups attached to an aromatic ring is 1. The molecule has 0 amide bonds. The van der Waals surface area contributed by atoms with E-state index in [9.17, 15) is 0 Å². The van der Waals surface area contributed by atoms with E-state index in [2.05, 4.69) is 0 Å². The Kier molecular flexibility index (Phi) is 1.98. The number of nitriles is 1. The van der Waals surface area contributed by atoms with Crippen molar-refractivity contribution in [1.29, 1.82) is 5.26 Å². The monoisotopic (exact) mass is 148 g/mol. The maximum absolute atomic E-state index is 9.09. The van der Waals surface area contributed by atoms with Crippen molar-refractivity contribution in [3.63, 3.8) is 0 Å². The maximum atomic E-state index is 9.09. The molecule has 3 nitrogen and oxygen atoms in total. The lowest BCUT2D eigenvalue weighted by Gasteiger charge is -1.98. The molecule has 0 radical (unpaired) electrons. The Morgan fingerprint density at radius 2 is 2.27 bits per heavy atom. The van der Waals surface area contributed by atoms with E-state index < -0.39 is 0 Å². The van der Waals surface area contributed by atoms with Crippen LogP contribution in [0.4, 0.5) is 5.69 Å². The van der Waals surface area contributed by atoms with Gasteiger partial charge in [0, 0.05) is 0 Å². The minimum Gasteiger partial charge on any atom is -0.506 e. The van der Waals surface area contributed by atoms with Crippen LogP contribution in [0.25, 0.3) is 0 Å². The smallest absolute Gasteiger partial charge is 0.138 e. The van der Waals surface area contributed by atoms with Gasteiger partial charge in [0.25, 0.3) is 0 Å². The number of phenolic OH excluding ortho intramolecular Hbond substituents is 1. The Morgan fingerprint density at radius 1 is 1.55 bits per heavy atom. The number of rotatable bonds is 1. The van der Waals surface area contributed by atoms with Crippen LogP contribution in [0, 0.1) is 11.3 Å². The zero-order valence-electron chi connectivity index (χ0n) is 5.91. The summed E-state index contributed by atoms with van der Waals surface area (Å²) < 4.78 is 0. The molecule has 3 N–H and O–H groups in total. The first-order chi connectivity index (χ1) is 5.24. The molecule has 0 heterocycles. The quantitative estimate of drug-likeness (QED) is 0.461. The van der Waals surface area contributed by atoms with Gasteiger partial charge in [-0.1, -0.05) is 6.07 Å². The summed E-state index contributed by atoms with van der Waals surface area (Å²) in [5.41, 5.74) is 6.47. The number of phenols is 1. The fraction of sp³-hybridized carbons (Fsp3) is 0.125. The summed E-state index contributed by atoms with van der Waals surface area (Å²) in [6.45, 7) is 0. The standard InChI is InChI=1S/C8H8N2O/c9-4-3-6-1-2-7(10)8(11)5-6/h1-2,5,11H,3,10H2. The summed E-state index contributed by atoms with van der Waals surface area (Å²) in [7, 11) is 0. The van der Waals surface area contributed by atoms with Gasteiger partial charge in [0.05, 0.1) is 18.2 Å². The SMILES string of the molecule is N#CCc1ccc(N)c(O)c1. The molecule has 0 spiro atoms. The number of hydrogen-bond acceptors (Lipinski definition) is 3. The van der Waals surface area contributed by atoms with Gasteiger partial charge in [0.2, 0.25) is 0 Å². The summed E-state index contributed by atoms with van der Waals surface area (Å²) in [6, 6.07) is 6.78. The number of nitrogens with two attached hydrogens (primary N) is 1. The van der Waals surface area contributed by atoms with E-state index in [1.165, 1.54) is 6.07 Å². The van der Waals surface area contributed by atoms with Crippen LogP contribution >= 0.6 is 0 Å². The number of nitrogens with zero attached hydrogens (tertiary/aromatic N) is 1. The molecule has 0 unspecified atom stereocenters. The molecule has 1 aromatic rings. The first-order valence-corrected chi connectivity index (χ1v) is 3.18. The lowest BCUT2D eigenvalue weighted by molar-refractivity contribution is 0.477. The zero-order chi connectivity index (χ0) is 8.27. The van der Waals surface area contributed by atoms with Crippen molar-refractivity contribution in [1.82, 2.24) is 0 Å². The fourth-order valence-corrected chi connectivity index (χ4v) is 0.790. The van der Waals surface area contributed by atoms with Crippen LogP contribution in [0.5, 0.6) is 5.75 Å². The minimum absolute atomic E-state index is 0.0396. The van der Waals surface area contributed by atoms with Gasteiger partial charge in [0.15, 0.2) is 0 Å². The van der Waals surface area contributed by atoms with E-state index >= 15 is 0 Å². The Morgan fingerprint density at radius 3 is 2.82 bits per heavy atom. The third kappa shape index (κ3) is 1.62. The normalized spacial score (nSPS) is 9.00. The molecule has 0 aliphatic heterocycles. The molecule has 56 valence electrons. The molecule has 0 aliphatic carbocycles. The van der Waals surface area contributed by atoms with E-state index in [-0.39, 0.29) is 5.75 Å². The maximum Gasteiger partial charge on any atom is 0.138 e. The van der Waals surface area contributed by atoms with E-state index in [0.29, 0.717) is 12.1 Å². The fourth-order valence-electron chi connectivity index (χ4n) is 0.790. The molecule has 1 aromatic carbocycles. The van der Waals surface area contributed by atoms with Gasteiger partial charge in [-0.25, -0.2) is 0 Å². The Bertz CT molecular complexity index is 301. The predicted molar refractivity (Wildman–Crippen MR) is 41.8 cm³/mol. The average molecular weight is 148 g/mol. The van der Waals surface area contributed by atoms with Crippen LogP contribution in [0.15, 0.2) is 18.2 Å². The van der Waals surface area contributed by atoms with E-state index in [1.807, 2.05) is 6.07 Å². The van der Waals surface area contributed by atoms with Gasteiger partial charge in [-0.05, 0) is 17.7 Å². The summed E-state index contributed by atoms with van der Waals surface area (Å²) in [6.07, 6.45) is 0.299. The molecule has 0 saturated carbocycles. The van der Waals surface area contributed by atoms with Crippen molar-refractivity contribution < 1.29 is 5.11 Å². The van der Waals surface area contributed by atoms with Crippen LogP contribution < -0.4 is 5.73 Å². The number of anilines is 1. The largest absolute Gasteiger partial charge is 0.506 e. The molecule has 0 saturated heterocycles.